The van der Waals surface area contributed by atoms with E-state index in [9.17, 15) is 0 Å². The standard InChI is InChI=1S/C19H15Cl2N7O/c1-12-16(8-4-9-22-12)29-18-13(5-3-10-23-18)11-24-19-25-26-27-28(19)15-7-2-6-14(20)17(15)21/h2-10H,11H2,1H3,(H,24,25,27). The zero-order valence-corrected chi connectivity index (χ0v) is 16.8. The average molecular weight is 428 g/mol. The molecule has 0 spiro atoms. The molecular weight excluding hydrogens is 413 g/mol. The van der Waals surface area contributed by atoms with Crippen LogP contribution in [-0.2, 0) is 6.54 Å². The molecule has 0 saturated carbocycles. The van der Waals surface area contributed by atoms with Crippen molar-refractivity contribution >= 4 is 29.2 Å². The Morgan fingerprint density at radius 2 is 1.86 bits per heavy atom. The molecule has 1 N–H and O–H groups in total. The number of tetrazole rings is 1. The number of benzene rings is 1. The van der Waals surface area contributed by atoms with E-state index < -0.39 is 0 Å². The van der Waals surface area contributed by atoms with Crippen molar-refractivity contribution in [2.75, 3.05) is 5.32 Å². The number of halogens is 2. The van der Waals surface area contributed by atoms with E-state index in [-0.39, 0.29) is 0 Å². The van der Waals surface area contributed by atoms with Crippen molar-refractivity contribution in [2.24, 2.45) is 0 Å². The minimum absolute atomic E-state index is 0.363. The van der Waals surface area contributed by atoms with E-state index in [0.717, 1.165) is 11.3 Å². The molecule has 0 aliphatic carbocycles. The Morgan fingerprint density at radius 1 is 1.03 bits per heavy atom. The number of aryl methyl sites for hydroxylation is 1. The average Bonchev–Trinajstić information content (AvgIpc) is 3.19. The topological polar surface area (TPSA) is 90.6 Å². The first-order chi connectivity index (χ1) is 14.1. The van der Waals surface area contributed by atoms with Gasteiger partial charge in [0, 0.05) is 24.5 Å². The minimum Gasteiger partial charge on any atom is -0.437 e. The van der Waals surface area contributed by atoms with E-state index in [4.69, 9.17) is 27.9 Å². The Labute approximate surface area is 176 Å². The summed E-state index contributed by atoms with van der Waals surface area (Å²) in [5.41, 5.74) is 2.17. The molecule has 29 heavy (non-hydrogen) atoms. The lowest BCUT2D eigenvalue weighted by Gasteiger charge is -2.12. The van der Waals surface area contributed by atoms with Gasteiger partial charge >= 0.3 is 0 Å². The summed E-state index contributed by atoms with van der Waals surface area (Å²) in [7, 11) is 0. The van der Waals surface area contributed by atoms with Gasteiger partial charge in [-0.05, 0) is 47.7 Å². The molecule has 0 radical (unpaired) electrons. The molecule has 0 saturated heterocycles. The van der Waals surface area contributed by atoms with Gasteiger partial charge in [-0.15, -0.1) is 0 Å². The quantitative estimate of drug-likeness (QED) is 0.485. The monoisotopic (exact) mass is 427 g/mol. The zero-order valence-electron chi connectivity index (χ0n) is 15.3. The summed E-state index contributed by atoms with van der Waals surface area (Å²) >= 11 is 12.4. The lowest BCUT2D eigenvalue weighted by molar-refractivity contribution is 0.451. The van der Waals surface area contributed by atoms with Crippen molar-refractivity contribution in [1.82, 2.24) is 30.2 Å². The van der Waals surface area contributed by atoms with Gasteiger partial charge in [0.15, 0.2) is 5.75 Å². The summed E-state index contributed by atoms with van der Waals surface area (Å²) in [4.78, 5) is 8.56. The molecule has 0 atom stereocenters. The van der Waals surface area contributed by atoms with Crippen LogP contribution in [-0.4, -0.2) is 30.2 Å². The number of aromatic nitrogens is 6. The van der Waals surface area contributed by atoms with Gasteiger partial charge in [0.1, 0.15) is 0 Å². The van der Waals surface area contributed by atoms with Gasteiger partial charge in [0.2, 0.25) is 11.8 Å². The number of ether oxygens (including phenoxy) is 1. The first-order valence-corrected chi connectivity index (χ1v) is 9.39. The van der Waals surface area contributed by atoms with Crippen molar-refractivity contribution in [1.29, 1.82) is 0 Å². The maximum absolute atomic E-state index is 6.29. The molecule has 0 aliphatic rings. The van der Waals surface area contributed by atoms with Crippen molar-refractivity contribution in [3.05, 3.63) is 76.2 Å². The summed E-state index contributed by atoms with van der Waals surface area (Å²) < 4.78 is 7.43. The Bertz CT molecular complexity index is 1150. The highest BCUT2D eigenvalue weighted by Crippen LogP contribution is 2.29. The second-order valence-corrected chi connectivity index (χ2v) is 6.78. The SMILES string of the molecule is Cc1ncccc1Oc1ncccc1CNc1nnnn1-c1cccc(Cl)c1Cl. The van der Waals surface area contributed by atoms with Crippen LogP contribution in [0.15, 0.2) is 54.9 Å². The second kappa shape index (κ2) is 8.42. The third-order valence-corrected chi connectivity index (χ3v) is 4.89. The lowest BCUT2D eigenvalue weighted by Crippen LogP contribution is -2.09. The van der Waals surface area contributed by atoms with Gasteiger partial charge in [-0.25, -0.2) is 4.98 Å². The van der Waals surface area contributed by atoms with E-state index >= 15 is 0 Å². The van der Waals surface area contributed by atoms with Crippen LogP contribution in [0.2, 0.25) is 10.0 Å². The van der Waals surface area contributed by atoms with E-state index in [1.165, 1.54) is 4.68 Å². The molecular formula is C19H15Cl2N7O. The summed E-state index contributed by atoms with van der Waals surface area (Å²) in [5, 5.41) is 15.7. The molecule has 4 aromatic rings. The number of anilines is 1. The van der Waals surface area contributed by atoms with Crippen LogP contribution >= 0.6 is 23.2 Å². The van der Waals surface area contributed by atoms with Crippen LogP contribution in [0, 0.1) is 6.92 Å². The van der Waals surface area contributed by atoms with Crippen molar-refractivity contribution in [3.8, 4) is 17.3 Å². The predicted octanol–water partition coefficient (Wildman–Crippen LogP) is 4.47. The molecule has 4 rings (SSSR count). The molecule has 10 heteroatoms. The van der Waals surface area contributed by atoms with Gasteiger partial charge in [-0.1, -0.05) is 40.4 Å². The number of hydrogen-bond donors (Lipinski definition) is 1. The number of nitrogens with one attached hydrogen (secondary N) is 1. The molecule has 0 fully saturated rings. The van der Waals surface area contributed by atoms with Crippen LogP contribution in [0.5, 0.6) is 11.6 Å². The fourth-order valence-electron chi connectivity index (χ4n) is 2.62. The molecule has 0 bridgehead atoms. The third kappa shape index (κ3) is 4.13. The van der Waals surface area contributed by atoms with Gasteiger partial charge in [-0.2, -0.15) is 4.68 Å². The number of hydrogen-bond acceptors (Lipinski definition) is 7. The van der Waals surface area contributed by atoms with Gasteiger partial charge < -0.3 is 10.1 Å². The lowest BCUT2D eigenvalue weighted by atomic mass is 10.2. The molecule has 3 aromatic heterocycles. The molecule has 1 aromatic carbocycles. The summed E-state index contributed by atoms with van der Waals surface area (Å²) in [6.45, 7) is 2.25. The summed E-state index contributed by atoms with van der Waals surface area (Å²) in [5.74, 6) is 1.51. The van der Waals surface area contributed by atoms with Crippen LogP contribution < -0.4 is 10.1 Å². The van der Waals surface area contributed by atoms with E-state index in [1.807, 2.05) is 31.2 Å². The smallest absolute Gasteiger partial charge is 0.248 e. The summed E-state index contributed by atoms with van der Waals surface area (Å²) in [6.07, 6.45) is 3.38. The molecule has 146 valence electrons. The minimum atomic E-state index is 0.363. The fraction of sp³-hybridized carbons (Fsp3) is 0.105. The first kappa shape index (κ1) is 19.1. The van der Waals surface area contributed by atoms with Crippen molar-refractivity contribution < 1.29 is 4.74 Å². The Balaban J connectivity index is 1.56. The van der Waals surface area contributed by atoms with E-state index in [2.05, 4.69) is 30.8 Å². The Hall–Kier alpha value is -3.23. The van der Waals surface area contributed by atoms with Gasteiger partial charge in [0.05, 0.1) is 21.4 Å². The second-order valence-electron chi connectivity index (χ2n) is 6.00. The van der Waals surface area contributed by atoms with E-state index in [1.54, 1.807) is 30.6 Å². The predicted molar refractivity (Wildman–Crippen MR) is 110 cm³/mol. The number of nitrogens with zero attached hydrogens (tertiary/aromatic N) is 6. The van der Waals surface area contributed by atoms with Crippen molar-refractivity contribution in [2.45, 2.75) is 13.5 Å². The molecule has 0 amide bonds. The van der Waals surface area contributed by atoms with Gasteiger partial charge in [-0.3, -0.25) is 4.98 Å². The number of pyridine rings is 2. The zero-order chi connectivity index (χ0) is 20.2. The Kier molecular flexibility index (Phi) is 5.55. The summed E-state index contributed by atoms with van der Waals surface area (Å²) in [6, 6.07) is 12.6. The fourth-order valence-corrected chi connectivity index (χ4v) is 3.00. The van der Waals surface area contributed by atoms with Crippen LogP contribution in [0.25, 0.3) is 5.69 Å². The number of rotatable bonds is 6. The highest BCUT2D eigenvalue weighted by molar-refractivity contribution is 6.43. The molecule has 8 nitrogen and oxygen atoms in total. The highest BCUT2D eigenvalue weighted by atomic mass is 35.5. The molecule has 3 heterocycles. The van der Waals surface area contributed by atoms with Crippen LogP contribution in [0.3, 0.4) is 0 Å². The van der Waals surface area contributed by atoms with E-state index in [0.29, 0.717) is 39.9 Å². The van der Waals surface area contributed by atoms with Crippen molar-refractivity contribution in [3.63, 3.8) is 0 Å². The molecule has 0 unspecified atom stereocenters. The Morgan fingerprint density at radius 3 is 2.72 bits per heavy atom. The third-order valence-electron chi connectivity index (χ3n) is 4.08. The first-order valence-electron chi connectivity index (χ1n) is 8.63. The van der Waals surface area contributed by atoms with Crippen LogP contribution in [0.4, 0.5) is 5.95 Å². The van der Waals surface area contributed by atoms with Gasteiger partial charge in [0.25, 0.3) is 0 Å². The maximum atomic E-state index is 6.29. The molecule has 0 aliphatic heterocycles. The maximum Gasteiger partial charge on any atom is 0.248 e. The normalized spacial score (nSPS) is 10.7. The van der Waals surface area contributed by atoms with Crippen LogP contribution in [0.1, 0.15) is 11.3 Å². The largest absolute Gasteiger partial charge is 0.437 e. The highest BCUT2D eigenvalue weighted by Gasteiger charge is 2.14.